The molecule has 2 aliphatic carbocycles. The molecule has 0 aliphatic heterocycles. The summed E-state index contributed by atoms with van der Waals surface area (Å²) in [6.07, 6.45) is 5.14. The normalized spacial score (nSPS) is 29.0. The lowest BCUT2D eigenvalue weighted by atomic mass is 10.0. The maximum Gasteiger partial charge on any atom is 0.0859 e. The van der Waals surface area contributed by atoms with Crippen LogP contribution in [0.5, 0.6) is 0 Å². The fourth-order valence-corrected chi connectivity index (χ4v) is 3.75. The smallest absolute Gasteiger partial charge is 0.0859 e. The molecule has 20 heavy (non-hydrogen) atoms. The third-order valence-electron chi connectivity index (χ3n) is 4.92. The highest BCUT2D eigenvalue weighted by molar-refractivity contribution is 5.15. The minimum Gasteiger partial charge on any atom is -0.378 e. The summed E-state index contributed by atoms with van der Waals surface area (Å²) in [5.41, 5.74) is 2.63. The van der Waals surface area contributed by atoms with Gasteiger partial charge in [0.15, 0.2) is 0 Å². The number of hydrogen-bond acceptors (Lipinski definition) is 3. The van der Waals surface area contributed by atoms with Crippen LogP contribution >= 0.6 is 0 Å². The number of nitrogens with zero attached hydrogens (tertiary/aromatic N) is 3. The van der Waals surface area contributed by atoms with Gasteiger partial charge in [-0.05, 0) is 71.1 Å². The lowest BCUT2D eigenvalue weighted by Crippen LogP contribution is -2.10. The monoisotopic (exact) mass is 277 g/mol. The van der Waals surface area contributed by atoms with E-state index in [0.717, 1.165) is 37.2 Å². The van der Waals surface area contributed by atoms with Crippen LogP contribution in [0, 0.1) is 17.8 Å². The Hall–Kier alpha value is -0.900. The Morgan fingerprint density at radius 2 is 1.85 bits per heavy atom. The van der Waals surface area contributed by atoms with E-state index in [9.17, 15) is 0 Å². The van der Waals surface area contributed by atoms with Crippen LogP contribution in [-0.4, -0.2) is 27.7 Å². The SMILES string of the molecule is CC(C)OC[C@H]1C2CCc3nnn(C(C)C)c3CCC21. The summed E-state index contributed by atoms with van der Waals surface area (Å²) in [5.74, 6) is 2.53. The van der Waals surface area contributed by atoms with Crippen LogP contribution in [0.1, 0.15) is 58.0 Å². The van der Waals surface area contributed by atoms with E-state index in [1.807, 2.05) is 0 Å². The molecule has 0 bridgehead atoms. The third-order valence-corrected chi connectivity index (χ3v) is 4.92. The molecule has 112 valence electrons. The number of fused-ring (bicyclic) bond motifs is 2. The van der Waals surface area contributed by atoms with Crippen LogP contribution in [0.15, 0.2) is 0 Å². The molecule has 3 atom stereocenters. The van der Waals surface area contributed by atoms with Crippen LogP contribution in [0.2, 0.25) is 0 Å². The first-order chi connectivity index (χ1) is 9.58. The molecular formula is C16H27N3O. The van der Waals surface area contributed by atoms with Gasteiger partial charge in [-0.3, -0.25) is 0 Å². The first-order valence-corrected chi connectivity index (χ1v) is 8.12. The van der Waals surface area contributed by atoms with E-state index >= 15 is 0 Å². The highest BCUT2D eigenvalue weighted by Crippen LogP contribution is 2.53. The second-order valence-corrected chi connectivity index (χ2v) is 6.97. The van der Waals surface area contributed by atoms with Crippen LogP contribution in [0.25, 0.3) is 0 Å². The molecule has 1 fully saturated rings. The Morgan fingerprint density at radius 3 is 2.50 bits per heavy atom. The maximum absolute atomic E-state index is 5.83. The van der Waals surface area contributed by atoms with E-state index in [-0.39, 0.29) is 0 Å². The number of aryl methyl sites for hydroxylation is 1. The average molecular weight is 277 g/mol. The Labute approximate surface area is 121 Å². The Balaban J connectivity index is 1.65. The molecule has 3 rings (SSSR count). The van der Waals surface area contributed by atoms with Crippen molar-refractivity contribution >= 4 is 0 Å². The summed E-state index contributed by atoms with van der Waals surface area (Å²) in [6, 6.07) is 0.417. The zero-order valence-corrected chi connectivity index (χ0v) is 13.2. The van der Waals surface area contributed by atoms with Crippen molar-refractivity contribution in [3.05, 3.63) is 11.4 Å². The van der Waals surface area contributed by atoms with Gasteiger partial charge in [0.2, 0.25) is 0 Å². The van der Waals surface area contributed by atoms with E-state index in [2.05, 4.69) is 42.7 Å². The summed E-state index contributed by atoms with van der Waals surface area (Å²) in [5, 5.41) is 8.75. The molecule has 0 spiro atoms. The maximum atomic E-state index is 5.83. The van der Waals surface area contributed by atoms with Gasteiger partial charge in [0.1, 0.15) is 0 Å². The molecule has 0 amide bonds. The predicted octanol–water partition coefficient (Wildman–Crippen LogP) is 3.03. The zero-order valence-electron chi connectivity index (χ0n) is 13.2. The summed E-state index contributed by atoms with van der Waals surface area (Å²) in [6.45, 7) is 9.58. The number of rotatable bonds is 4. The number of aromatic nitrogens is 3. The highest BCUT2D eigenvalue weighted by Gasteiger charge is 2.49. The summed E-state index contributed by atoms with van der Waals surface area (Å²) in [4.78, 5) is 0. The van der Waals surface area contributed by atoms with Crippen molar-refractivity contribution in [3.63, 3.8) is 0 Å². The quantitative estimate of drug-likeness (QED) is 0.849. The molecule has 0 N–H and O–H groups in total. The van der Waals surface area contributed by atoms with Crippen molar-refractivity contribution in [1.82, 2.24) is 15.0 Å². The van der Waals surface area contributed by atoms with Gasteiger partial charge >= 0.3 is 0 Å². The van der Waals surface area contributed by atoms with Crippen LogP contribution < -0.4 is 0 Å². The summed E-state index contributed by atoms with van der Waals surface area (Å²) >= 11 is 0. The number of ether oxygens (including phenoxy) is 1. The fraction of sp³-hybridized carbons (Fsp3) is 0.875. The molecule has 0 aromatic carbocycles. The molecule has 4 heteroatoms. The van der Waals surface area contributed by atoms with Crippen molar-refractivity contribution in [2.24, 2.45) is 17.8 Å². The Morgan fingerprint density at radius 1 is 1.15 bits per heavy atom. The lowest BCUT2D eigenvalue weighted by molar-refractivity contribution is 0.0656. The van der Waals surface area contributed by atoms with Crippen molar-refractivity contribution in [2.75, 3.05) is 6.61 Å². The summed E-state index contributed by atoms with van der Waals surface area (Å²) in [7, 11) is 0. The van der Waals surface area contributed by atoms with E-state index in [0.29, 0.717) is 12.1 Å². The van der Waals surface area contributed by atoms with Gasteiger partial charge in [-0.15, -0.1) is 5.10 Å². The van der Waals surface area contributed by atoms with E-state index < -0.39 is 0 Å². The highest BCUT2D eigenvalue weighted by atomic mass is 16.5. The van der Waals surface area contributed by atoms with Gasteiger partial charge in [-0.2, -0.15) is 0 Å². The van der Waals surface area contributed by atoms with Crippen molar-refractivity contribution in [1.29, 1.82) is 0 Å². The Kier molecular flexibility index (Phi) is 3.85. The first-order valence-electron chi connectivity index (χ1n) is 8.12. The van der Waals surface area contributed by atoms with Crippen molar-refractivity contribution < 1.29 is 4.74 Å². The van der Waals surface area contributed by atoms with Gasteiger partial charge in [0.05, 0.1) is 24.1 Å². The van der Waals surface area contributed by atoms with E-state index in [1.54, 1.807) is 0 Å². The minimum absolute atomic E-state index is 0.357. The van der Waals surface area contributed by atoms with Gasteiger partial charge in [-0.1, -0.05) is 5.21 Å². The third kappa shape index (κ3) is 2.62. The molecule has 4 nitrogen and oxygen atoms in total. The molecule has 2 unspecified atom stereocenters. The minimum atomic E-state index is 0.357. The molecule has 1 aromatic heterocycles. The lowest BCUT2D eigenvalue weighted by Gasteiger charge is -2.12. The molecule has 1 heterocycles. The molecule has 1 aromatic rings. The average Bonchev–Trinajstić information content (AvgIpc) is 2.85. The first kappa shape index (κ1) is 14.1. The largest absolute Gasteiger partial charge is 0.378 e. The second-order valence-electron chi connectivity index (χ2n) is 6.97. The van der Waals surface area contributed by atoms with Crippen LogP contribution in [0.4, 0.5) is 0 Å². The van der Waals surface area contributed by atoms with Crippen LogP contribution in [0.3, 0.4) is 0 Å². The number of hydrogen-bond donors (Lipinski definition) is 0. The predicted molar refractivity (Wildman–Crippen MR) is 78.6 cm³/mol. The molecule has 2 aliphatic rings. The van der Waals surface area contributed by atoms with Crippen molar-refractivity contribution in [2.45, 2.75) is 65.5 Å². The van der Waals surface area contributed by atoms with Crippen molar-refractivity contribution in [3.8, 4) is 0 Å². The zero-order chi connectivity index (χ0) is 14.3. The van der Waals surface area contributed by atoms with Gasteiger partial charge < -0.3 is 4.74 Å². The second kappa shape index (κ2) is 5.47. The Bertz CT molecular complexity index is 466. The van der Waals surface area contributed by atoms with Gasteiger partial charge in [0.25, 0.3) is 0 Å². The van der Waals surface area contributed by atoms with Gasteiger partial charge in [0, 0.05) is 6.04 Å². The fourth-order valence-electron chi connectivity index (χ4n) is 3.75. The topological polar surface area (TPSA) is 39.9 Å². The van der Waals surface area contributed by atoms with E-state index in [1.165, 1.54) is 24.2 Å². The molecule has 1 saturated carbocycles. The van der Waals surface area contributed by atoms with Crippen LogP contribution in [-0.2, 0) is 17.6 Å². The molecule has 0 radical (unpaired) electrons. The summed E-state index contributed by atoms with van der Waals surface area (Å²) < 4.78 is 7.95. The molecular weight excluding hydrogens is 250 g/mol. The van der Waals surface area contributed by atoms with E-state index in [4.69, 9.17) is 4.74 Å². The molecule has 0 saturated heterocycles. The standard InChI is InChI=1S/C16H27N3O/c1-10(2)19-16-8-6-13-12(5-7-15(16)17-18-19)14(13)9-20-11(3)4/h10-14H,5-9H2,1-4H3/t12?,13?,14-/m0/s1. The van der Waals surface area contributed by atoms with Gasteiger partial charge in [-0.25, -0.2) is 4.68 Å².